The van der Waals surface area contributed by atoms with Crippen molar-refractivity contribution in [1.82, 2.24) is 5.32 Å². The lowest BCUT2D eigenvalue weighted by atomic mass is 9.94. The molecule has 2 atom stereocenters. The Morgan fingerprint density at radius 2 is 2.00 bits per heavy atom. The minimum Gasteiger partial charge on any atom is -0.352 e. The molecular formula is C12H24N2O. The minimum absolute atomic E-state index is 0.0382. The van der Waals surface area contributed by atoms with Gasteiger partial charge in [-0.1, -0.05) is 39.5 Å². The second kappa shape index (κ2) is 6.11. The van der Waals surface area contributed by atoms with Gasteiger partial charge in [0.1, 0.15) is 0 Å². The summed E-state index contributed by atoms with van der Waals surface area (Å²) in [5, 5.41) is 3.07. The van der Waals surface area contributed by atoms with E-state index >= 15 is 0 Å². The maximum Gasteiger partial charge on any atom is 0.237 e. The number of hydrogen-bond donors (Lipinski definition) is 2. The Bertz CT molecular complexity index is 200. The van der Waals surface area contributed by atoms with Crippen molar-refractivity contribution < 1.29 is 4.79 Å². The second-order valence-electron chi connectivity index (χ2n) is 4.75. The lowest BCUT2D eigenvalue weighted by molar-refractivity contribution is -0.124. The van der Waals surface area contributed by atoms with Gasteiger partial charge in [0.2, 0.25) is 5.91 Å². The largest absolute Gasteiger partial charge is 0.352 e. The monoisotopic (exact) mass is 212 g/mol. The Balaban J connectivity index is 2.33. The molecule has 1 aliphatic rings. The Hall–Kier alpha value is -0.570. The van der Waals surface area contributed by atoms with Gasteiger partial charge in [-0.3, -0.25) is 4.79 Å². The molecule has 0 aromatic rings. The van der Waals surface area contributed by atoms with E-state index in [1.165, 1.54) is 19.3 Å². The van der Waals surface area contributed by atoms with Crippen LogP contribution in [-0.4, -0.2) is 18.0 Å². The standard InChI is InChI=1S/C12H24N2O/c1-3-9(2)11(13)12(15)14-10-7-5-4-6-8-10/h9-11H,3-8,13H2,1-2H3,(H,14,15)/t9-,11-/m0/s1. The zero-order valence-electron chi connectivity index (χ0n) is 9.96. The molecule has 0 unspecified atom stereocenters. The fourth-order valence-corrected chi connectivity index (χ4v) is 2.06. The Morgan fingerprint density at radius 1 is 1.40 bits per heavy atom. The number of nitrogens with one attached hydrogen (secondary N) is 1. The van der Waals surface area contributed by atoms with Crippen LogP contribution in [0.2, 0.25) is 0 Å². The van der Waals surface area contributed by atoms with Crippen LogP contribution in [0.4, 0.5) is 0 Å². The van der Waals surface area contributed by atoms with Crippen molar-refractivity contribution in [2.24, 2.45) is 11.7 Å². The topological polar surface area (TPSA) is 55.1 Å². The van der Waals surface area contributed by atoms with Gasteiger partial charge in [0.15, 0.2) is 0 Å². The highest BCUT2D eigenvalue weighted by molar-refractivity contribution is 5.82. The van der Waals surface area contributed by atoms with E-state index in [0.717, 1.165) is 19.3 Å². The number of nitrogens with two attached hydrogens (primary N) is 1. The third-order valence-corrected chi connectivity index (χ3v) is 3.51. The fraction of sp³-hybridized carbons (Fsp3) is 0.917. The Labute approximate surface area is 92.8 Å². The third-order valence-electron chi connectivity index (χ3n) is 3.51. The Kier molecular flexibility index (Phi) is 5.09. The van der Waals surface area contributed by atoms with Gasteiger partial charge >= 0.3 is 0 Å². The van der Waals surface area contributed by atoms with Crippen LogP contribution in [-0.2, 0) is 4.79 Å². The van der Waals surface area contributed by atoms with Gasteiger partial charge in [0.25, 0.3) is 0 Å². The maximum absolute atomic E-state index is 11.8. The van der Waals surface area contributed by atoms with Gasteiger partial charge in [0.05, 0.1) is 6.04 Å². The average molecular weight is 212 g/mol. The smallest absolute Gasteiger partial charge is 0.237 e. The van der Waals surface area contributed by atoms with Crippen molar-refractivity contribution in [3.63, 3.8) is 0 Å². The molecule has 0 heterocycles. The molecule has 1 aliphatic carbocycles. The second-order valence-corrected chi connectivity index (χ2v) is 4.75. The molecule has 3 heteroatoms. The summed E-state index contributed by atoms with van der Waals surface area (Å²) in [6.45, 7) is 4.10. The number of hydrogen-bond acceptors (Lipinski definition) is 2. The fourth-order valence-electron chi connectivity index (χ4n) is 2.06. The average Bonchev–Trinajstić information content (AvgIpc) is 2.28. The lowest BCUT2D eigenvalue weighted by Gasteiger charge is -2.26. The van der Waals surface area contributed by atoms with Crippen LogP contribution in [0.15, 0.2) is 0 Å². The number of amides is 1. The van der Waals surface area contributed by atoms with Crippen LogP contribution in [0.25, 0.3) is 0 Å². The number of carbonyl (C=O) groups is 1. The van der Waals surface area contributed by atoms with Crippen LogP contribution >= 0.6 is 0 Å². The van der Waals surface area contributed by atoms with E-state index in [0.29, 0.717) is 6.04 Å². The molecule has 15 heavy (non-hydrogen) atoms. The highest BCUT2D eigenvalue weighted by Crippen LogP contribution is 2.17. The molecule has 0 aliphatic heterocycles. The lowest BCUT2D eigenvalue weighted by Crippen LogP contribution is -2.48. The quantitative estimate of drug-likeness (QED) is 0.746. The van der Waals surface area contributed by atoms with Crippen LogP contribution < -0.4 is 11.1 Å². The van der Waals surface area contributed by atoms with Gasteiger partial charge in [0, 0.05) is 6.04 Å². The molecule has 0 saturated heterocycles. The highest BCUT2D eigenvalue weighted by atomic mass is 16.2. The first-order chi connectivity index (χ1) is 7.15. The first-order valence-electron chi connectivity index (χ1n) is 6.21. The summed E-state index contributed by atoms with van der Waals surface area (Å²) in [7, 11) is 0. The summed E-state index contributed by atoms with van der Waals surface area (Å²) in [4.78, 5) is 11.8. The summed E-state index contributed by atoms with van der Waals surface area (Å²) in [5.41, 5.74) is 5.88. The van der Waals surface area contributed by atoms with Gasteiger partial charge in [-0.25, -0.2) is 0 Å². The number of carbonyl (C=O) groups excluding carboxylic acids is 1. The predicted molar refractivity (Wildman–Crippen MR) is 62.4 cm³/mol. The molecule has 1 fully saturated rings. The molecule has 0 aromatic heterocycles. The van der Waals surface area contributed by atoms with Crippen LogP contribution in [0.1, 0.15) is 52.4 Å². The normalized spacial score (nSPS) is 22.1. The molecule has 88 valence electrons. The van der Waals surface area contributed by atoms with Crippen molar-refractivity contribution in [1.29, 1.82) is 0 Å². The predicted octanol–water partition coefficient (Wildman–Crippen LogP) is 1.81. The van der Waals surface area contributed by atoms with Crippen molar-refractivity contribution >= 4 is 5.91 Å². The maximum atomic E-state index is 11.8. The van der Waals surface area contributed by atoms with Crippen molar-refractivity contribution in [3.05, 3.63) is 0 Å². The molecule has 3 nitrogen and oxygen atoms in total. The molecule has 1 rings (SSSR count). The zero-order valence-corrected chi connectivity index (χ0v) is 9.96. The molecule has 0 spiro atoms. The highest BCUT2D eigenvalue weighted by Gasteiger charge is 2.22. The minimum atomic E-state index is -0.336. The van der Waals surface area contributed by atoms with Crippen LogP contribution in [0, 0.1) is 5.92 Å². The van der Waals surface area contributed by atoms with Gasteiger partial charge in [-0.2, -0.15) is 0 Å². The van der Waals surface area contributed by atoms with E-state index in [2.05, 4.69) is 12.2 Å². The van der Waals surface area contributed by atoms with Crippen molar-refractivity contribution in [2.45, 2.75) is 64.5 Å². The Morgan fingerprint density at radius 3 is 2.53 bits per heavy atom. The first kappa shape index (κ1) is 12.5. The van der Waals surface area contributed by atoms with Gasteiger partial charge in [-0.05, 0) is 18.8 Å². The van der Waals surface area contributed by atoms with Crippen molar-refractivity contribution in [3.8, 4) is 0 Å². The molecule has 0 radical (unpaired) electrons. The van der Waals surface area contributed by atoms with E-state index in [4.69, 9.17) is 5.73 Å². The molecule has 1 saturated carbocycles. The summed E-state index contributed by atoms with van der Waals surface area (Å²) in [5.74, 6) is 0.310. The third kappa shape index (κ3) is 3.82. The van der Waals surface area contributed by atoms with Crippen molar-refractivity contribution in [2.75, 3.05) is 0 Å². The van der Waals surface area contributed by atoms with E-state index in [1.807, 2.05) is 6.92 Å². The van der Waals surface area contributed by atoms with Gasteiger partial charge in [-0.15, -0.1) is 0 Å². The summed E-state index contributed by atoms with van der Waals surface area (Å²) < 4.78 is 0. The number of rotatable bonds is 4. The van der Waals surface area contributed by atoms with E-state index in [1.54, 1.807) is 0 Å². The molecule has 3 N–H and O–H groups in total. The summed E-state index contributed by atoms with van der Waals surface area (Å²) in [6, 6.07) is 0.0401. The summed E-state index contributed by atoms with van der Waals surface area (Å²) in [6.07, 6.45) is 6.99. The van der Waals surface area contributed by atoms with E-state index in [-0.39, 0.29) is 17.9 Å². The molecule has 1 amide bonds. The van der Waals surface area contributed by atoms with Crippen LogP contribution in [0.3, 0.4) is 0 Å². The molecular weight excluding hydrogens is 188 g/mol. The van der Waals surface area contributed by atoms with E-state index in [9.17, 15) is 4.79 Å². The molecule has 0 bridgehead atoms. The molecule has 0 aromatic carbocycles. The zero-order chi connectivity index (χ0) is 11.3. The first-order valence-corrected chi connectivity index (χ1v) is 6.21. The van der Waals surface area contributed by atoms with Gasteiger partial charge < -0.3 is 11.1 Å². The van der Waals surface area contributed by atoms with E-state index < -0.39 is 0 Å². The van der Waals surface area contributed by atoms with Crippen LogP contribution in [0.5, 0.6) is 0 Å². The SMILES string of the molecule is CC[C@H](C)[C@H](N)C(=O)NC1CCCCC1. The summed E-state index contributed by atoms with van der Waals surface area (Å²) >= 11 is 0.